The van der Waals surface area contributed by atoms with E-state index in [1.807, 2.05) is 12.1 Å². The molecule has 6 nitrogen and oxygen atoms in total. The van der Waals surface area contributed by atoms with Crippen molar-refractivity contribution in [2.75, 3.05) is 49.7 Å². The summed E-state index contributed by atoms with van der Waals surface area (Å²) in [5, 5.41) is 13.7. The number of halogens is 3. The van der Waals surface area contributed by atoms with E-state index >= 15 is 0 Å². The Kier molecular flexibility index (Phi) is 8.48. The quantitative estimate of drug-likeness (QED) is 0.601. The maximum atomic E-state index is 13.1. The Bertz CT molecular complexity index is 876. The molecule has 0 aliphatic carbocycles. The molecule has 0 unspecified atom stereocenters. The number of rotatable bonds is 7. The fraction of sp³-hybridized carbons (Fsp3) is 0.381. The fourth-order valence-corrected chi connectivity index (χ4v) is 3.75. The highest BCUT2D eigenvalue weighted by Crippen LogP contribution is 2.30. The Morgan fingerprint density at radius 3 is 2.57 bits per heavy atom. The molecule has 0 bridgehead atoms. The summed E-state index contributed by atoms with van der Waals surface area (Å²) in [7, 11) is 0. The number of anilines is 2. The van der Waals surface area contributed by atoms with Gasteiger partial charge in [-0.05, 0) is 42.3 Å². The number of aliphatic hydroxyl groups excluding tert-OH is 1. The zero-order chi connectivity index (χ0) is 21.5. The molecule has 0 aromatic heterocycles. The predicted molar refractivity (Wildman–Crippen MR) is 122 cm³/mol. The SMILES string of the molecule is O=C(Nc1cc(Cl)ccc1N1CCOCC1)N(CCCO)Cc1ccc(Cl)c(Cl)c1. The molecule has 2 N–H and O–H groups in total. The number of morpholine rings is 1. The second-order valence-electron chi connectivity index (χ2n) is 6.94. The average Bonchev–Trinajstić information content (AvgIpc) is 2.74. The summed E-state index contributed by atoms with van der Waals surface area (Å²) in [6.07, 6.45) is 0.459. The van der Waals surface area contributed by atoms with Crippen LogP contribution < -0.4 is 10.2 Å². The summed E-state index contributed by atoms with van der Waals surface area (Å²) in [6, 6.07) is 10.4. The van der Waals surface area contributed by atoms with Gasteiger partial charge >= 0.3 is 6.03 Å². The molecule has 2 aromatic rings. The molecular formula is C21H24Cl3N3O3. The van der Waals surface area contributed by atoms with Gasteiger partial charge in [0.05, 0.1) is 34.6 Å². The average molecular weight is 473 g/mol. The molecule has 2 aromatic carbocycles. The van der Waals surface area contributed by atoms with E-state index in [2.05, 4.69) is 10.2 Å². The standard InChI is InChI=1S/C21H24Cl3N3O3/c22-16-3-5-20(26-7-10-30-11-8-26)19(13-16)25-21(29)27(6-1-9-28)14-15-2-4-17(23)18(24)12-15/h2-5,12-13,28H,1,6-11,14H2,(H,25,29). The number of amides is 2. The maximum Gasteiger partial charge on any atom is 0.322 e. The van der Waals surface area contributed by atoms with Crippen molar-refractivity contribution in [1.82, 2.24) is 4.90 Å². The van der Waals surface area contributed by atoms with Crippen molar-refractivity contribution in [2.45, 2.75) is 13.0 Å². The van der Waals surface area contributed by atoms with Gasteiger partial charge in [0.1, 0.15) is 0 Å². The third-order valence-corrected chi connectivity index (χ3v) is 5.76. The molecule has 162 valence electrons. The van der Waals surface area contributed by atoms with Crippen LogP contribution in [0.3, 0.4) is 0 Å². The lowest BCUT2D eigenvalue weighted by Gasteiger charge is -2.31. The van der Waals surface area contributed by atoms with Gasteiger partial charge in [0.25, 0.3) is 0 Å². The summed E-state index contributed by atoms with van der Waals surface area (Å²) >= 11 is 18.3. The lowest BCUT2D eigenvalue weighted by molar-refractivity contribution is 0.123. The smallest absolute Gasteiger partial charge is 0.322 e. The first-order valence-corrected chi connectivity index (χ1v) is 10.8. The third-order valence-electron chi connectivity index (χ3n) is 4.78. The van der Waals surface area contributed by atoms with Crippen LogP contribution >= 0.6 is 34.8 Å². The Labute approximate surface area is 191 Å². The van der Waals surface area contributed by atoms with E-state index in [0.717, 1.165) is 24.3 Å². The van der Waals surface area contributed by atoms with Gasteiger partial charge in [-0.15, -0.1) is 0 Å². The number of ether oxygens (including phenoxy) is 1. The maximum absolute atomic E-state index is 13.1. The molecule has 2 amide bonds. The number of nitrogens with zero attached hydrogens (tertiary/aromatic N) is 2. The van der Waals surface area contributed by atoms with Crippen molar-refractivity contribution >= 4 is 52.2 Å². The van der Waals surface area contributed by atoms with Gasteiger partial charge in [-0.3, -0.25) is 0 Å². The Balaban J connectivity index is 1.79. The van der Waals surface area contributed by atoms with Crippen LogP contribution in [0.25, 0.3) is 0 Å². The molecule has 0 atom stereocenters. The molecule has 0 spiro atoms. The first-order chi connectivity index (χ1) is 14.5. The molecule has 0 saturated carbocycles. The summed E-state index contributed by atoms with van der Waals surface area (Å²) < 4.78 is 5.43. The van der Waals surface area contributed by atoms with E-state index < -0.39 is 0 Å². The van der Waals surface area contributed by atoms with Crippen LogP contribution in [-0.4, -0.2) is 55.5 Å². The monoisotopic (exact) mass is 471 g/mol. The first-order valence-electron chi connectivity index (χ1n) is 9.71. The van der Waals surface area contributed by atoms with Crippen molar-refractivity contribution < 1.29 is 14.6 Å². The number of benzene rings is 2. The molecule has 30 heavy (non-hydrogen) atoms. The number of carbonyl (C=O) groups excluding carboxylic acids is 1. The molecule has 1 heterocycles. The van der Waals surface area contributed by atoms with E-state index in [4.69, 9.17) is 39.5 Å². The minimum Gasteiger partial charge on any atom is -0.396 e. The Morgan fingerprint density at radius 2 is 1.87 bits per heavy atom. The van der Waals surface area contributed by atoms with Crippen LogP contribution in [0.2, 0.25) is 15.1 Å². The van der Waals surface area contributed by atoms with E-state index in [1.54, 1.807) is 29.2 Å². The lowest BCUT2D eigenvalue weighted by atomic mass is 10.2. The normalized spacial score (nSPS) is 13.9. The van der Waals surface area contributed by atoms with Crippen molar-refractivity contribution in [2.24, 2.45) is 0 Å². The largest absolute Gasteiger partial charge is 0.396 e. The summed E-state index contributed by atoms with van der Waals surface area (Å²) in [4.78, 5) is 16.9. The molecule has 3 rings (SSSR count). The number of nitrogens with one attached hydrogen (secondary N) is 1. The van der Waals surface area contributed by atoms with Gasteiger partial charge < -0.3 is 25.0 Å². The molecule has 1 fully saturated rings. The summed E-state index contributed by atoms with van der Waals surface area (Å²) in [5.74, 6) is 0. The summed E-state index contributed by atoms with van der Waals surface area (Å²) in [5.41, 5.74) is 2.38. The van der Waals surface area contributed by atoms with Crippen LogP contribution in [0.4, 0.5) is 16.2 Å². The summed E-state index contributed by atoms with van der Waals surface area (Å²) in [6.45, 7) is 3.45. The van der Waals surface area contributed by atoms with Crippen molar-refractivity contribution in [3.05, 3.63) is 57.0 Å². The van der Waals surface area contributed by atoms with E-state index in [-0.39, 0.29) is 12.6 Å². The van der Waals surface area contributed by atoms with Crippen LogP contribution in [-0.2, 0) is 11.3 Å². The molecule has 0 radical (unpaired) electrons. The number of urea groups is 1. The van der Waals surface area contributed by atoms with Crippen LogP contribution in [0.15, 0.2) is 36.4 Å². The topological polar surface area (TPSA) is 65.0 Å². The molecule has 9 heteroatoms. The van der Waals surface area contributed by atoms with Crippen molar-refractivity contribution in [3.63, 3.8) is 0 Å². The highest BCUT2D eigenvalue weighted by molar-refractivity contribution is 6.42. The molecular weight excluding hydrogens is 449 g/mol. The van der Waals surface area contributed by atoms with Gasteiger partial charge in [-0.1, -0.05) is 40.9 Å². The first kappa shape index (κ1) is 23.0. The number of hydrogen-bond donors (Lipinski definition) is 2. The fourth-order valence-electron chi connectivity index (χ4n) is 3.26. The van der Waals surface area contributed by atoms with Crippen LogP contribution in [0, 0.1) is 0 Å². The van der Waals surface area contributed by atoms with Gasteiger partial charge in [0.15, 0.2) is 0 Å². The van der Waals surface area contributed by atoms with Gasteiger partial charge in [0, 0.05) is 37.8 Å². The van der Waals surface area contributed by atoms with Gasteiger partial charge in [-0.25, -0.2) is 4.79 Å². The number of hydrogen-bond acceptors (Lipinski definition) is 4. The molecule has 1 saturated heterocycles. The Morgan fingerprint density at radius 1 is 1.10 bits per heavy atom. The van der Waals surface area contributed by atoms with E-state index in [0.29, 0.717) is 53.5 Å². The zero-order valence-corrected chi connectivity index (χ0v) is 18.7. The van der Waals surface area contributed by atoms with Gasteiger partial charge in [0.2, 0.25) is 0 Å². The highest BCUT2D eigenvalue weighted by Gasteiger charge is 2.20. The van der Waals surface area contributed by atoms with Crippen molar-refractivity contribution in [3.8, 4) is 0 Å². The molecule has 1 aliphatic rings. The minimum atomic E-state index is -0.286. The van der Waals surface area contributed by atoms with Gasteiger partial charge in [-0.2, -0.15) is 0 Å². The molecule has 1 aliphatic heterocycles. The van der Waals surface area contributed by atoms with Crippen LogP contribution in [0.5, 0.6) is 0 Å². The lowest BCUT2D eigenvalue weighted by Crippen LogP contribution is -2.38. The number of aliphatic hydroxyl groups is 1. The van der Waals surface area contributed by atoms with Crippen LogP contribution in [0.1, 0.15) is 12.0 Å². The predicted octanol–water partition coefficient (Wildman–Crippen LogP) is 4.90. The minimum absolute atomic E-state index is 0.0126. The Hall–Kier alpha value is -1.70. The second-order valence-corrected chi connectivity index (χ2v) is 8.19. The number of carbonyl (C=O) groups is 1. The highest BCUT2D eigenvalue weighted by atomic mass is 35.5. The zero-order valence-electron chi connectivity index (χ0n) is 16.4. The second kappa shape index (κ2) is 11.1. The van der Waals surface area contributed by atoms with E-state index in [9.17, 15) is 9.90 Å². The van der Waals surface area contributed by atoms with E-state index in [1.165, 1.54) is 0 Å². The van der Waals surface area contributed by atoms with Crippen molar-refractivity contribution in [1.29, 1.82) is 0 Å². The third kappa shape index (κ3) is 6.15.